The highest BCUT2D eigenvalue weighted by Gasteiger charge is 2.35. The zero-order valence-corrected chi connectivity index (χ0v) is 9.59. The van der Waals surface area contributed by atoms with Crippen LogP contribution in [0.4, 0.5) is 13.2 Å². The molecule has 1 aromatic carbocycles. The van der Waals surface area contributed by atoms with Gasteiger partial charge in [0.05, 0.1) is 5.69 Å². The maximum atomic E-state index is 12.3. The molecule has 0 unspecified atom stereocenters. The second kappa shape index (κ2) is 4.40. The zero-order valence-electron chi connectivity index (χ0n) is 8.77. The van der Waals surface area contributed by atoms with E-state index in [1.165, 1.54) is 0 Å². The molecule has 0 aliphatic heterocycles. The van der Waals surface area contributed by atoms with E-state index in [2.05, 4.69) is 10.1 Å². The van der Waals surface area contributed by atoms with Gasteiger partial charge in [0, 0.05) is 4.90 Å². The lowest BCUT2D eigenvalue weighted by Gasteiger charge is -2.02. The third-order valence-corrected chi connectivity index (χ3v) is 2.83. The summed E-state index contributed by atoms with van der Waals surface area (Å²) in [4.78, 5) is 4.26. The van der Waals surface area contributed by atoms with Crippen LogP contribution in [0.15, 0.2) is 35.5 Å². The first-order chi connectivity index (χ1) is 8.00. The number of halogens is 3. The highest BCUT2D eigenvalue weighted by molar-refractivity contribution is 7.98. The van der Waals surface area contributed by atoms with Crippen LogP contribution in [0.5, 0.6) is 0 Å². The van der Waals surface area contributed by atoms with Gasteiger partial charge >= 0.3 is 6.18 Å². The molecule has 1 aromatic heterocycles. The Hall–Kier alpha value is -1.50. The van der Waals surface area contributed by atoms with Crippen LogP contribution in [0.25, 0.3) is 5.69 Å². The largest absolute Gasteiger partial charge is 0.453 e. The lowest BCUT2D eigenvalue weighted by Crippen LogP contribution is -2.08. The summed E-state index contributed by atoms with van der Waals surface area (Å²) in [5.41, 5.74) is 0.547. The maximum Gasteiger partial charge on any atom is 0.453 e. The van der Waals surface area contributed by atoms with Crippen molar-refractivity contribution in [2.45, 2.75) is 11.1 Å². The summed E-state index contributed by atoms with van der Waals surface area (Å²) in [5, 5.41) is 3.38. The Bertz CT molecular complexity index is 504. The number of alkyl halides is 3. The van der Waals surface area contributed by atoms with E-state index in [4.69, 9.17) is 0 Å². The number of aromatic nitrogens is 3. The van der Waals surface area contributed by atoms with Crippen molar-refractivity contribution in [2.75, 3.05) is 6.26 Å². The topological polar surface area (TPSA) is 30.7 Å². The fourth-order valence-electron chi connectivity index (χ4n) is 1.25. The van der Waals surface area contributed by atoms with Crippen molar-refractivity contribution in [3.8, 4) is 5.69 Å². The van der Waals surface area contributed by atoms with E-state index in [9.17, 15) is 13.2 Å². The number of nitrogens with zero attached hydrogens (tertiary/aromatic N) is 3. The van der Waals surface area contributed by atoms with Crippen LogP contribution in [-0.4, -0.2) is 21.0 Å². The van der Waals surface area contributed by atoms with Gasteiger partial charge in [0.2, 0.25) is 0 Å². The van der Waals surface area contributed by atoms with Crippen molar-refractivity contribution in [3.05, 3.63) is 36.4 Å². The van der Waals surface area contributed by atoms with Crippen LogP contribution in [0.1, 0.15) is 5.82 Å². The Morgan fingerprint density at radius 1 is 1.18 bits per heavy atom. The summed E-state index contributed by atoms with van der Waals surface area (Å²) in [6, 6.07) is 7.02. The second-order valence-corrected chi connectivity index (χ2v) is 4.09. The Kier molecular flexibility index (Phi) is 3.10. The highest BCUT2D eigenvalue weighted by Crippen LogP contribution is 2.26. The van der Waals surface area contributed by atoms with Crippen LogP contribution in [0, 0.1) is 0 Å². The summed E-state index contributed by atoms with van der Waals surface area (Å²) in [7, 11) is 0. The molecular formula is C10H8F3N3S. The van der Waals surface area contributed by atoms with E-state index >= 15 is 0 Å². The first-order valence-corrected chi connectivity index (χ1v) is 5.86. The smallest absolute Gasteiger partial charge is 0.220 e. The standard InChI is InChI=1S/C10H8F3N3S/c1-17-8-4-2-7(3-5-8)16-6-14-9(15-16)10(11,12)13/h2-6H,1H3. The Morgan fingerprint density at radius 3 is 2.29 bits per heavy atom. The summed E-state index contributed by atoms with van der Waals surface area (Å²) in [6.45, 7) is 0. The molecule has 0 atom stereocenters. The second-order valence-electron chi connectivity index (χ2n) is 3.21. The first kappa shape index (κ1) is 12.0. The molecule has 0 fully saturated rings. The summed E-state index contributed by atoms with van der Waals surface area (Å²) in [6.07, 6.45) is -1.53. The van der Waals surface area contributed by atoms with E-state index in [0.29, 0.717) is 5.69 Å². The van der Waals surface area contributed by atoms with Crippen LogP contribution in [0.2, 0.25) is 0 Å². The van der Waals surface area contributed by atoms with E-state index < -0.39 is 12.0 Å². The van der Waals surface area contributed by atoms with Gasteiger partial charge in [-0.1, -0.05) is 0 Å². The molecule has 2 rings (SSSR count). The number of hydrogen-bond acceptors (Lipinski definition) is 3. The summed E-state index contributed by atoms with van der Waals surface area (Å²) >= 11 is 1.56. The number of thioether (sulfide) groups is 1. The van der Waals surface area contributed by atoms with Crippen molar-refractivity contribution in [3.63, 3.8) is 0 Å². The molecule has 2 aromatic rings. The lowest BCUT2D eigenvalue weighted by atomic mass is 10.3. The molecular weight excluding hydrogens is 251 g/mol. The molecule has 0 aliphatic carbocycles. The summed E-state index contributed by atoms with van der Waals surface area (Å²) in [5.74, 6) is -1.13. The molecule has 0 N–H and O–H groups in total. The van der Waals surface area contributed by atoms with Gasteiger partial charge in [-0.2, -0.15) is 13.2 Å². The van der Waals surface area contributed by atoms with Gasteiger partial charge in [-0.25, -0.2) is 9.67 Å². The predicted octanol–water partition coefficient (Wildman–Crippen LogP) is 3.01. The van der Waals surface area contributed by atoms with Crippen molar-refractivity contribution in [2.24, 2.45) is 0 Å². The van der Waals surface area contributed by atoms with Crippen molar-refractivity contribution in [1.82, 2.24) is 14.8 Å². The molecule has 0 radical (unpaired) electrons. The molecule has 0 spiro atoms. The van der Waals surface area contributed by atoms with Gasteiger partial charge < -0.3 is 0 Å². The average Bonchev–Trinajstić information content (AvgIpc) is 2.78. The minimum Gasteiger partial charge on any atom is -0.220 e. The Balaban J connectivity index is 2.30. The Labute approximate surface area is 99.7 Å². The van der Waals surface area contributed by atoms with E-state index in [-0.39, 0.29) is 0 Å². The third kappa shape index (κ3) is 2.60. The summed E-state index contributed by atoms with van der Waals surface area (Å²) < 4.78 is 38.0. The minimum absolute atomic E-state index is 0.547. The van der Waals surface area contributed by atoms with Crippen LogP contribution >= 0.6 is 11.8 Å². The van der Waals surface area contributed by atoms with Crippen molar-refractivity contribution >= 4 is 11.8 Å². The average molecular weight is 259 g/mol. The van der Waals surface area contributed by atoms with E-state index in [1.807, 2.05) is 18.4 Å². The van der Waals surface area contributed by atoms with Gasteiger partial charge in [-0.3, -0.25) is 0 Å². The lowest BCUT2D eigenvalue weighted by molar-refractivity contribution is -0.144. The fourth-order valence-corrected chi connectivity index (χ4v) is 1.66. The normalized spacial score (nSPS) is 11.8. The maximum absolute atomic E-state index is 12.3. The van der Waals surface area contributed by atoms with Crippen molar-refractivity contribution in [1.29, 1.82) is 0 Å². The minimum atomic E-state index is -4.51. The molecule has 1 heterocycles. The molecule has 0 aliphatic rings. The van der Waals surface area contributed by atoms with Crippen LogP contribution in [-0.2, 0) is 6.18 Å². The molecule has 90 valence electrons. The predicted molar refractivity (Wildman–Crippen MR) is 58.1 cm³/mol. The number of benzene rings is 1. The quantitative estimate of drug-likeness (QED) is 0.777. The zero-order chi connectivity index (χ0) is 12.5. The molecule has 0 saturated carbocycles. The van der Waals surface area contributed by atoms with E-state index in [0.717, 1.165) is 15.9 Å². The molecule has 17 heavy (non-hydrogen) atoms. The van der Waals surface area contributed by atoms with Gasteiger partial charge in [0.15, 0.2) is 0 Å². The van der Waals surface area contributed by atoms with Gasteiger partial charge in [-0.05, 0) is 30.5 Å². The third-order valence-electron chi connectivity index (χ3n) is 2.08. The van der Waals surface area contributed by atoms with E-state index in [1.54, 1.807) is 23.9 Å². The van der Waals surface area contributed by atoms with Gasteiger partial charge in [0.1, 0.15) is 6.33 Å². The fraction of sp³-hybridized carbons (Fsp3) is 0.200. The molecule has 0 bridgehead atoms. The number of hydrogen-bond donors (Lipinski definition) is 0. The monoisotopic (exact) mass is 259 g/mol. The molecule has 0 saturated heterocycles. The van der Waals surface area contributed by atoms with Crippen molar-refractivity contribution < 1.29 is 13.2 Å². The highest BCUT2D eigenvalue weighted by atomic mass is 32.2. The molecule has 0 amide bonds. The van der Waals surface area contributed by atoms with Gasteiger partial charge in [-0.15, -0.1) is 16.9 Å². The first-order valence-electron chi connectivity index (χ1n) is 4.64. The van der Waals surface area contributed by atoms with Gasteiger partial charge in [0.25, 0.3) is 5.82 Å². The van der Waals surface area contributed by atoms with Crippen LogP contribution < -0.4 is 0 Å². The number of rotatable bonds is 2. The van der Waals surface area contributed by atoms with Crippen LogP contribution in [0.3, 0.4) is 0 Å². The molecule has 7 heteroatoms. The SMILES string of the molecule is CSc1ccc(-n2cnc(C(F)(F)F)n2)cc1. The molecule has 3 nitrogen and oxygen atoms in total. The Morgan fingerprint density at radius 2 is 1.82 bits per heavy atom.